The molecule has 0 unspecified atom stereocenters. The molecule has 0 heterocycles. The summed E-state index contributed by atoms with van der Waals surface area (Å²) in [6.07, 6.45) is 0. The fraction of sp³-hybridized carbons (Fsp3) is 0.0769. The van der Waals surface area contributed by atoms with E-state index in [9.17, 15) is 4.39 Å². The highest BCUT2D eigenvalue weighted by molar-refractivity contribution is 5.73. The van der Waals surface area contributed by atoms with E-state index in [-0.39, 0.29) is 5.82 Å². The largest absolute Gasteiger partial charge is 0.397 e. The first-order chi connectivity index (χ1) is 8.08. The number of hydrogen-bond acceptors (Lipinski definition) is 3. The van der Waals surface area contributed by atoms with E-state index in [4.69, 9.17) is 11.5 Å². The van der Waals surface area contributed by atoms with Gasteiger partial charge in [-0.3, -0.25) is 0 Å². The third-order valence-electron chi connectivity index (χ3n) is 2.67. The van der Waals surface area contributed by atoms with E-state index in [1.807, 2.05) is 18.0 Å². The predicted molar refractivity (Wildman–Crippen MR) is 69.7 cm³/mol. The maximum absolute atomic E-state index is 12.8. The van der Waals surface area contributed by atoms with Crippen molar-refractivity contribution in [2.24, 2.45) is 0 Å². The van der Waals surface area contributed by atoms with Crippen molar-refractivity contribution in [3.05, 3.63) is 48.3 Å². The van der Waals surface area contributed by atoms with Gasteiger partial charge in [0.15, 0.2) is 0 Å². The Morgan fingerprint density at radius 1 is 0.882 bits per heavy atom. The Kier molecular flexibility index (Phi) is 2.87. The Labute approximate surface area is 99.5 Å². The zero-order chi connectivity index (χ0) is 12.4. The van der Waals surface area contributed by atoms with Crippen LogP contribution in [0.1, 0.15) is 0 Å². The van der Waals surface area contributed by atoms with Crippen LogP contribution in [0.4, 0.5) is 27.1 Å². The summed E-state index contributed by atoms with van der Waals surface area (Å²) in [6, 6.07) is 11.7. The molecule has 88 valence electrons. The zero-order valence-electron chi connectivity index (χ0n) is 9.52. The van der Waals surface area contributed by atoms with Crippen molar-refractivity contribution in [1.29, 1.82) is 0 Å². The van der Waals surface area contributed by atoms with Crippen LogP contribution in [0.25, 0.3) is 0 Å². The second kappa shape index (κ2) is 4.33. The first kappa shape index (κ1) is 11.3. The lowest BCUT2D eigenvalue weighted by atomic mass is 10.2. The molecular formula is C13H14FN3. The smallest absolute Gasteiger partial charge is 0.123 e. The maximum atomic E-state index is 12.8. The molecule has 2 aromatic rings. The summed E-state index contributed by atoms with van der Waals surface area (Å²) in [5.41, 5.74) is 14.3. The maximum Gasteiger partial charge on any atom is 0.123 e. The zero-order valence-corrected chi connectivity index (χ0v) is 9.52. The lowest BCUT2D eigenvalue weighted by Crippen LogP contribution is -2.10. The molecule has 0 aliphatic rings. The molecule has 0 spiro atoms. The Morgan fingerprint density at radius 3 is 2.06 bits per heavy atom. The van der Waals surface area contributed by atoms with Crippen molar-refractivity contribution in [1.82, 2.24) is 0 Å². The van der Waals surface area contributed by atoms with Crippen LogP contribution >= 0.6 is 0 Å². The standard InChI is InChI=1S/C13H14FN3/c1-17(10-4-2-9(14)3-5-10)11-6-7-12(15)13(16)8-11/h2-8H,15-16H2,1H3. The van der Waals surface area contributed by atoms with Crippen LogP contribution in [0.15, 0.2) is 42.5 Å². The van der Waals surface area contributed by atoms with E-state index in [1.165, 1.54) is 12.1 Å². The van der Waals surface area contributed by atoms with Gasteiger partial charge in [-0.15, -0.1) is 0 Å². The van der Waals surface area contributed by atoms with Crippen molar-refractivity contribution < 1.29 is 4.39 Å². The third-order valence-corrected chi connectivity index (χ3v) is 2.67. The fourth-order valence-corrected chi connectivity index (χ4v) is 1.58. The van der Waals surface area contributed by atoms with Gasteiger partial charge in [0.1, 0.15) is 5.82 Å². The normalized spacial score (nSPS) is 10.2. The summed E-state index contributed by atoms with van der Waals surface area (Å²) in [5.74, 6) is -0.251. The molecule has 0 bridgehead atoms. The minimum absolute atomic E-state index is 0.251. The average molecular weight is 231 g/mol. The Bertz CT molecular complexity index is 523. The number of nitrogen functional groups attached to an aromatic ring is 2. The Balaban J connectivity index is 2.33. The number of rotatable bonds is 2. The molecule has 0 aromatic heterocycles. The van der Waals surface area contributed by atoms with Crippen molar-refractivity contribution >= 4 is 22.7 Å². The summed E-state index contributed by atoms with van der Waals surface area (Å²) in [6.45, 7) is 0. The SMILES string of the molecule is CN(c1ccc(F)cc1)c1ccc(N)c(N)c1. The highest BCUT2D eigenvalue weighted by Crippen LogP contribution is 2.27. The summed E-state index contributed by atoms with van der Waals surface area (Å²) in [7, 11) is 1.89. The Hall–Kier alpha value is -2.23. The first-order valence-electron chi connectivity index (χ1n) is 5.22. The Morgan fingerprint density at radius 2 is 1.47 bits per heavy atom. The number of nitrogens with zero attached hydrogens (tertiary/aromatic N) is 1. The molecule has 0 amide bonds. The van der Waals surface area contributed by atoms with Gasteiger partial charge in [-0.2, -0.15) is 0 Å². The summed E-state index contributed by atoms with van der Waals surface area (Å²) in [4.78, 5) is 1.91. The predicted octanol–water partition coefficient (Wildman–Crippen LogP) is 2.76. The van der Waals surface area contributed by atoms with Crippen LogP contribution < -0.4 is 16.4 Å². The van der Waals surface area contributed by atoms with Crippen LogP contribution in [0.5, 0.6) is 0 Å². The monoisotopic (exact) mass is 231 g/mol. The van der Waals surface area contributed by atoms with E-state index in [1.54, 1.807) is 24.3 Å². The molecular weight excluding hydrogens is 217 g/mol. The number of halogens is 1. The summed E-state index contributed by atoms with van der Waals surface area (Å²) in [5, 5.41) is 0. The molecule has 0 saturated carbocycles. The first-order valence-corrected chi connectivity index (χ1v) is 5.22. The van der Waals surface area contributed by atoms with Crippen molar-refractivity contribution in [2.75, 3.05) is 23.4 Å². The lowest BCUT2D eigenvalue weighted by Gasteiger charge is -2.20. The molecule has 2 aromatic carbocycles. The molecule has 0 fully saturated rings. The molecule has 17 heavy (non-hydrogen) atoms. The minimum Gasteiger partial charge on any atom is -0.397 e. The molecule has 0 radical (unpaired) electrons. The van der Waals surface area contributed by atoms with Crippen molar-refractivity contribution in [2.45, 2.75) is 0 Å². The van der Waals surface area contributed by atoms with E-state index >= 15 is 0 Å². The van der Waals surface area contributed by atoms with Crippen LogP contribution in [0.2, 0.25) is 0 Å². The lowest BCUT2D eigenvalue weighted by molar-refractivity contribution is 0.628. The van der Waals surface area contributed by atoms with E-state index in [2.05, 4.69) is 0 Å². The van der Waals surface area contributed by atoms with Gasteiger partial charge in [-0.25, -0.2) is 4.39 Å². The van der Waals surface area contributed by atoms with Gasteiger partial charge in [-0.05, 0) is 42.5 Å². The second-order valence-electron chi connectivity index (χ2n) is 3.85. The number of nitrogens with two attached hydrogens (primary N) is 2. The molecule has 2 rings (SSSR count). The van der Waals surface area contributed by atoms with Crippen LogP contribution in [-0.2, 0) is 0 Å². The molecule has 4 heteroatoms. The van der Waals surface area contributed by atoms with Gasteiger partial charge in [0, 0.05) is 18.4 Å². The van der Waals surface area contributed by atoms with Gasteiger partial charge >= 0.3 is 0 Å². The van der Waals surface area contributed by atoms with Crippen molar-refractivity contribution in [3.8, 4) is 0 Å². The topological polar surface area (TPSA) is 55.3 Å². The fourth-order valence-electron chi connectivity index (χ4n) is 1.58. The number of hydrogen-bond donors (Lipinski definition) is 2. The van der Waals surface area contributed by atoms with E-state index in [0.717, 1.165) is 11.4 Å². The molecule has 0 aliphatic carbocycles. The summed E-state index contributed by atoms with van der Waals surface area (Å²) < 4.78 is 12.8. The van der Waals surface area contributed by atoms with E-state index in [0.29, 0.717) is 11.4 Å². The van der Waals surface area contributed by atoms with Gasteiger partial charge < -0.3 is 16.4 Å². The van der Waals surface area contributed by atoms with Crippen LogP contribution in [-0.4, -0.2) is 7.05 Å². The van der Waals surface area contributed by atoms with Crippen LogP contribution in [0.3, 0.4) is 0 Å². The highest BCUT2D eigenvalue weighted by Gasteiger charge is 2.05. The summed E-state index contributed by atoms with van der Waals surface area (Å²) >= 11 is 0. The van der Waals surface area contributed by atoms with Gasteiger partial charge in [-0.1, -0.05) is 0 Å². The average Bonchev–Trinajstić information content (AvgIpc) is 2.33. The van der Waals surface area contributed by atoms with Crippen molar-refractivity contribution in [3.63, 3.8) is 0 Å². The quantitative estimate of drug-likeness (QED) is 0.781. The van der Waals surface area contributed by atoms with Gasteiger partial charge in [0.05, 0.1) is 11.4 Å². The molecule has 4 N–H and O–H groups in total. The highest BCUT2D eigenvalue weighted by atomic mass is 19.1. The van der Waals surface area contributed by atoms with E-state index < -0.39 is 0 Å². The van der Waals surface area contributed by atoms with Crippen LogP contribution in [0, 0.1) is 5.82 Å². The van der Waals surface area contributed by atoms with Gasteiger partial charge in [0.25, 0.3) is 0 Å². The molecule has 0 aliphatic heterocycles. The number of anilines is 4. The third kappa shape index (κ3) is 2.30. The second-order valence-corrected chi connectivity index (χ2v) is 3.85. The molecule has 0 atom stereocenters. The molecule has 0 saturated heterocycles. The van der Waals surface area contributed by atoms with Gasteiger partial charge in [0.2, 0.25) is 0 Å². The minimum atomic E-state index is -0.251. The number of benzene rings is 2. The molecule has 3 nitrogen and oxygen atoms in total.